The van der Waals surface area contributed by atoms with Crippen molar-refractivity contribution < 1.29 is 9.47 Å². The van der Waals surface area contributed by atoms with Crippen molar-refractivity contribution in [2.45, 2.75) is 64.1 Å². The molecule has 6 nitrogen and oxygen atoms in total. The predicted molar refractivity (Wildman–Crippen MR) is 96.5 cm³/mol. The maximum atomic E-state index is 6.47. The predicted octanol–water partition coefficient (Wildman–Crippen LogP) is 3.33. The SMILES string of the molecule is Cc1ncccc1Oc1ncnc(OC2CC3CCC(N3)C23CC3)c1C. The molecule has 2 aromatic rings. The Labute approximate surface area is 153 Å². The minimum atomic E-state index is 0.239. The lowest BCUT2D eigenvalue weighted by molar-refractivity contribution is 0.0525. The number of fused-ring (bicyclic) bond motifs is 3. The molecule has 3 atom stereocenters. The first kappa shape index (κ1) is 16.0. The van der Waals surface area contributed by atoms with Gasteiger partial charge in [0.1, 0.15) is 12.4 Å². The number of nitrogens with one attached hydrogen (secondary N) is 1. The molecule has 5 rings (SSSR count). The Bertz CT molecular complexity index is 836. The molecular formula is C20H24N4O2. The Kier molecular flexibility index (Phi) is 3.64. The van der Waals surface area contributed by atoms with Gasteiger partial charge in [-0.3, -0.25) is 4.98 Å². The molecule has 1 saturated carbocycles. The van der Waals surface area contributed by atoms with Crippen molar-refractivity contribution >= 4 is 0 Å². The zero-order chi connectivity index (χ0) is 17.7. The minimum Gasteiger partial charge on any atom is -0.473 e. The molecule has 3 unspecified atom stereocenters. The molecule has 26 heavy (non-hydrogen) atoms. The van der Waals surface area contributed by atoms with E-state index in [4.69, 9.17) is 9.47 Å². The van der Waals surface area contributed by atoms with Crippen LogP contribution in [-0.2, 0) is 0 Å². The number of ether oxygens (including phenoxy) is 2. The van der Waals surface area contributed by atoms with E-state index in [-0.39, 0.29) is 6.10 Å². The summed E-state index contributed by atoms with van der Waals surface area (Å²) >= 11 is 0. The number of aromatic nitrogens is 3. The molecular weight excluding hydrogens is 328 g/mol. The molecule has 0 radical (unpaired) electrons. The summed E-state index contributed by atoms with van der Waals surface area (Å²) in [5.74, 6) is 1.89. The van der Waals surface area contributed by atoms with Gasteiger partial charge in [0.25, 0.3) is 0 Å². The van der Waals surface area contributed by atoms with E-state index in [2.05, 4.69) is 20.3 Å². The van der Waals surface area contributed by atoms with Crippen molar-refractivity contribution in [1.82, 2.24) is 20.3 Å². The number of hydrogen-bond donors (Lipinski definition) is 1. The van der Waals surface area contributed by atoms with Crippen molar-refractivity contribution in [1.29, 1.82) is 0 Å². The molecule has 1 N–H and O–H groups in total. The lowest BCUT2D eigenvalue weighted by Crippen LogP contribution is -2.51. The van der Waals surface area contributed by atoms with Crippen LogP contribution in [0.25, 0.3) is 0 Å². The van der Waals surface area contributed by atoms with Gasteiger partial charge < -0.3 is 14.8 Å². The molecule has 0 aromatic carbocycles. The summed E-state index contributed by atoms with van der Waals surface area (Å²) in [5.41, 5.74) is 1.99. The van der Waals surface area contributed by atoms with Gasteiger partial charge in [-0.2, -0.15) is 0 Å². The Balaban J connectivity index is 1.39. The van der Waals surface area contributed by atoms with E-state index in [9.17, 15) is 0 Å². The van der Waals surface area contributed by atoms with Gasteiger partial charge in [0, 0.05) is 30.1 Å². The van der Waals surface area contributed by atoms with Crippen molar-refractivity contribution in [2.24, 2.45) is 5.41 Å². The second-order valence-corrected chi connectivity index (χ2v) is 7.87. The molecule has 2 aromatic heterocycles. The summed E-state index contributed by atoms with van der Waals surface area (Å²) in [6.07, 6.45) is 9.64. The quantitative estimate of drug-likeness (QED) is 0.910. The highest BCUT2D eigenvalue weighted by molar-refractivity contribution is 5.38. The maximum Gasteiger partial charge on any atom is 0.229 e. The molecule has 3 fully saturated rings. The Morgan fingerprint density at radius 3 is 2.77 bits per heavy atom. The Morgan fingerprint density at radius 1 is 1.12 bits per heavy atom. The lowest BCUT2D eigenvalue weighted by Gasteiger charge is -2.38. The first-order chi connectivity index (χ1) is 12.7. The number of nitrogens with zero attached hydrogens (tertiary/aromatic N) is 3. The first-order valence-electron chi connectivity index (χ1n) is 9.49. The Morgan fingerprint density at radius 2 is 1.96 bits per heavy atom. The van der Waals surface area contributed by atoms with E-state index >= 15 is 0 Å². The van der Waals surface area contributed by atoms with Gasteiger partial charge in [-0.1, -0.05) is 0 Å². The third-order valence-electron chi connectivity index (χ3n) is 6.31. The molecule has 136 valence electrons. The van der Waals surface area contributed by atoms with Crippen LogP contribution >= 0.6 is 0 Å². The van der Waals surface area contributed by atoms with Crippen molar-refractivity contribution in [3.8, 4) is 17.5 Å². The second-order valence-electron chi connectivity index (χ2n) is 7.87. The summed E-state index contributed by atoms with van der Waals surface area (Å²) < 4.78 is 12.5. The maximum absolute atomic E-state index is 6.47. The normalized spacial score (nSPS) is 28.2. The largest absolute Gasteiger partial charge is 0.473 e. The van der Waals surface area contributed by atoms with Gasteiger partial charge in [0.2, 0.25) is 11.8 Å². The molecule has 2 bridgehead atoms. The van der Waals surface area contributed by atoms with Crippen LogP contribution < -0.4 is 14.8 Å². The standard InChI is InChI=1S/C20H24N4O2/c1-12-18(25-15-4-3-9-21-13(15)2)22-11-23-19(12)26-17-10-14-5-6-16(24-14)20(17)7-8-20/h3-4,9,11,14,16-17,24H,5-8,10H2,1-2H3. The van der Waals surface area contributed by atoms with Crippen LogP contribution in [0.2, 0.25) is 0 Å². The van der Waals surface area contributed by atoms with E-state index in [1.807, 2.05) is 26.0 Å². The van der Waals surface area contributed by atoms with Crippen LogP contribution in [0.4, 0.5) is 0 Å². The second kappa shape index (κ2) is 5.91. The summed E-state index contributed by atoms with van der Waals surface area (Å²) in [7, 11) is 0. The van der Waals surface area contributed by atoms with Crippen LogP contribution in [0.1, 0.15) is 43.4 Å². The third-order valence-corrected chi connectivity index (χ3v) is 6.31. The summed E-state index contributed by atoms with van der Waals surface area (Å²) in [4.78, 5) is 13.0. The van der Waals surface area contributed by atoms with Gasteiger partial charge >= 0.3 is 0 Å². The van der Waals surface area contributed by atoms with E-state index in [1.54, 1.807) is 6.20 Å². The summed E-state index contributed by atoms with van der Waals surface area (Å²) in [6, 6.07) is 4.96. The number of pyridine rings is 1. The van der Waals surface area contributed by atoms with Gasteiger partial charge in [0.05, 0.1) is 11.3 Å². The van der Waals surface area contributed by atoms with E-state index in [1.165, 1.54) is 32.0 Å². The number of piperidine rings is 1. The molecule has 2 saturated heterocycles. The van der Waals surface area contributed by atoms with Crippen LogP contribution in [-0.4, -0.2) is 33.1 Å². The zero-order valence-corrected chi connectivity index (χ0v) is 15.2. The summed E-state index contributed by atoms with van der Waals surface area (Å²) in [5, 5.41) is 3.78. The van der Waals surface area contributed by atoms with Crippen LogP contribution in [0, 0.1) is 19.3 Å². The van der Waals surface area contributed by atoms with E-state index in [0.29, 0.717) is 35.0 Å². The van der Waals surface area contributed by atoms with Gasteiger partial charge in [-0.15, -0.1) is 0 Å². The zero-order valence-electron chi connectivity index (χ0n) is 15.2. The highest BCUT2D eigenvalue weighted by Gasteiger charge is 2.61. The van der Waals surface area contributed by atoms with Crippen molar-refractivity contribution in [3.63, 3.8) is 0 Å². The monoisotopic (exact) mass is 352 g/mol. The summed E-state index contributed by atoms with van der Waals surface area (Å²) in [6.45, 7) is 3.89. The topological polar surface area (TPSA) is 69.2 Å². The fraction of sp³-hybridized carbons (Fsp3) is 0.550. The average Bonchev–Trinajstić information content (AvgIpc) is 3.33. The highest BCUT2D eigenvalue weighted by Crippen LogP contribution is 2.59. The van der Waals surface area contributed by atoms with Gasteiger partial charge in [-0.05, 0) is 51.7 Å². The lowest BCUT2D eigenvalue weighted by atomic mass is 9.85. The fourth-order valence-electron chi connectivity index (χ4n) is 4.61. The van der Waals surface area contributed by atoms with Crippen LogP contribution in [0.15, 0.2) is 24.7 Å². The van der Waals surface area contributed by atoms with Crippen LogP contribution in [0.5, 0.6) is 17.5 Å². The first-order valence-corrected chi connectivity index (χ1v) is 9.49. The average molecular weight is 352 g/mol. The van der Waals surface area contributed by atoms with E-state index < -0.39 is 0 Å². The van der Waals surface area contributed by atoms with E-state index in [0.717, 1.165) is 17.7 Å². The van der Waals surface area contributed by atoms with Crippen molar-refractivity contribution in [3.05, 3.63) is 35.9 Å². The fourth-order valence-corrected chi connectivity index (χ4v) is 4.61. The molecule has 0 amide bonds. The number of rotatable bonds is 4. The number of hydrogen-bond acceptors (Lipinski definition) is 6. The minimum absolute atomic E-state index is 0.239. The molecule has 1 aliphatic carbocycles. The molecule has 4 heterocycles. The Hall–Kier alpha value is -2.21. The highest BCUT2D eigenvalue weighted by atomic mass is 16.5. The molecule has 2 aliphatic heterocycles. The van der Waals surface area contributed by atoms with Gasteiger partial charge in [0.15, 0.2) is 5.75 Å². The van der Waals surface area contributed by atoms with Gasteiger partial charge in [-0.25, -0.2) is 9.97 Å². The molecule has 6 heteroatoms. The van der Waals surface area contributed by atoms with Crippen LogP contribution in [0.3, 0.4) is 0 Å². The van der Waals surface area contributed by atoms with Crippen molar-refractivity contribution in [2.75, 3.05) is 0 Å². The molecule has 3 aliphatic rings. The molecule has 1 spiro atoms. The number of aryl methyl sites for hydroxylation is 1. The smallest absolute Gasteiger partial charge is 0.229 e. The third kappa shape index (κ3) is 2.55.